The van der Waals surface area contributed by atoms with Crippen molar-refractivity contribution in [3.63, 3.8) is 0 Å². The van der Waals surface area contributed by atoms with Crippen molar-refractivity contribution in [3.05, 3.63) is 188 Å². The van der Waals surface area contributed by atoms with Gasteiger partial charge in [0.05, 0.1) is 39.0 Å². The summed E-state index contributed by atoms with van der Waals surface area (Å²) in [5, 5.41) is 7.51. The zero-order valence-electron chi connectivity index (χ0n) is 28.2. The summed E-state index contributed by atoms with van der Waals surface area (Å²) in [6.45, 7) is 0. The van der Waals surface area contributed by atoms with E-state index < -0.39 is 0 Å². The molecular formula is C49H31N3. The summed E-state index contributed by atoms with van der Waals surface area (Å²) in [4.78, 5) is 5.26. The highest BCUT2D eigenvalue weighted by Crippen LogP contribution is 2.40. The molecule has 4 heterocycles. The van der Waals surface area contributed by atoms with Gasteiger partial charge in [-0.2, -0.15) is 0 Å². The summed E-state index contributed by atoms with van der Waals surface area (Å²) in [5.41, 5.74) is 13.5. The fourth-order valence-corrected chi connectivity index (χ4v) is 8.27. The standard InChI is InChI=1S/C49H31N3/c1-3-14-32(15-4-1)36-27-43(33-16-5-2-6-17-33)50-44(28-36)34-19-13-20-37(26-34)51-46-25-12-10-23-40(46)42-30-41-38-21-8-9-22-39(38)47-29-35-18-7-11-24-45(35)52(47)49(41)31-48(42)51/h1-31H. The third kappa shape index (κ3) is 4.36. The largest absolute Gasteiger partial charge is 0.309 e. The smallest absolute Gasteiger partial charge is 0.0716 e. The van der Waals surface area contributed by atoms with Crippen LogP contribution in [0.2, 0.25) is 0 Å². The first-order valence-corrected chi connectivity index (χ1v) is 17.8. The Morgan fingerprint density at radius 3 is 1.67 bits per heavy atom. The van der Waals surface area contributed by atoms with Gasteiger partial charge in [0.25, 0.3) is 0 Å². The predicted molar refractivity (Wildman–Crippen MR) is 218 cm³/mol. The number of para-hydroxylation sites is 2. The van der Waals surface area contributed by atoms with E-state index in [9.17, 15) is 0 Å². The number of fused-ring (bicyclic) bond motifs is 11. The molecule has 0 amide bonds. The third-order valence-corrected chi connectivity index (χ3v) is 10.6. The lowest BCUT2D eigenvalue weighted by atomic mass is 10.00. The Morgan fingerprint density at radius 2 is 0.885 bits per heavy atom. The molecular weight excluding hydrogens is 631 g/mol. The molecule has 0 N–H and O–H groups in total. The van der Waals surface area contributed by atoms with Gasteiger partial charge in [0.15, 0.2) is 0 Å². The Bertz CT molecular complexity index is 3110. The molecule has 0 atom stereocenters. The van der Waals surface area contributed by atoms with Crippen LogP contribution < -0.4 is 0 Å². The van der Waals surface area contributed by atoms with Crippen LogP contribution in [0.15, 0.2) is 188 Å². The summed E-state index contributed by atoms with van der Waals surface area (Å²) in [7, 11) is 0. The van der Waals surface area contributed by atoms with Gasteiger partial charge in [-0.3, -0.25) is 0 Å². The molecule has 4 aromatic heterocycles. The van der Waals surface area contributed by atoms with E-state index in [1.807, 2.05) is 0 Å². The normalized spacial score (nSPS) is 11.8. The first kappa shape index (κ1) is 28.8. The summed E-state index contributed by atoms with van der Waals surface area (Å²) >= 11 is 0. The Hall–Kier alpha value is -6.97. The van der Waals surface area contributed by atoms with Crippen LogP contribution in [0, 0.1) is 0 Å². The minimum absolute atomic E-state index is 0.945. The average Bonchev–Trinajstić information content (AvgIpc) is 3.77. The van der Waals surface area contributed by atoms with Gasteiger partial charge in [-0.1, -0.05) is 133 Å². The highest BCUT2D eigenvalue weighted by atomic mass is 15.0. The van der Waals surface area contributed by atoms with Gasteiger partial charge >= 0.3 is 0 Å². The first-order valence-electron chi connectivity index (χ1n) is 17.8. The predicted octanol–water partition coefficient (Wildman–Crippen LogP) is 12.9. The van der Waals surface area contributed by atoms with E-state index in [2.05, 4.69) is 197 Å². The molecule has 0 saturated carbocycles. The molecule has 0 saturated heterocycles. The molecule has 0 aliphatic carbocycles. The quantitative estimate of drug-likeness (QED) is 0.172. The minimum Gasteiger partial charge on any atom is -0.309 e. The van der Waals surface area contributed by atoms with Crippen LogP contribution in [-0.4, -0.2) is 14.0 Å². The van der Waals surface area contributed by atoms with Gasteiger partial charge < -0.3 is 8.97 Å². The zero-order chi connectivity index (χ0) is 34.2. The van der Waals surface area contributed by atoms with Crippen LogP contribution >= 0.6 is 0 Å². The number of pyridine rings is 2. The Morgan fingerprint density at radius 1 is 0.308 bits per heavy atom. The van der Waals surface area contributed by atoms with E-state index in [0.717, 1.165) is 33.8 Å². The number of benzene rings is 7. The van der Waals surface area contributed by atoms with Gasteiger partial charge in [0.2, 0.25) is 0 Å². The molecule has 3 heteroatoms. The fourth-order valence-electron chi connectivity index (χ4n) is 8.27. The minimum atomic E-state index is 0.945. The van der Waals surface area contributed by atoms with Gasteiger partial charge in [-0.25, -0.2) is 4.98 Å². The Balaban J connectivity index is 1.19. The maximum atomic E-state index is 5.26. The Labute approximate surface area is 300 Å². The van der Waals surface area contributed by atoms with Crippen molar-refractivity contribution in [2.24, 2.45) is 0 Å². The van der Waals surface area contributed by atoms with Crippen LogP contribution in [0.3, 0.4) is 0 Å². The highest BCUT2D eigenvalue weighted by molar-refractivity contribution is 6.21. The van der Waals surface area contributed by atoms with E-state index in [-0.39, 0.29) is 0 Å². The van der Waals surface area contributed by atoms with Gasteiger partial charge in [-0.05, 0) is 71.1 Å². The van der Waals surface area contributed by atoms with Gasteiger partial charge in [-0.15, -0.1) is 0 Å². The average molecular weight is 662 g/mol. The van der Waals surface area contributed by atoms with Crippen molar-refractivity contribution in [2.75, 3.05) is 0 Å². The molecule has 11 aromatic rings. The molecule has 0 bridgehead atoms. The molecule has 3 nitrogen and oxygen atoms in total. The van der Waals surface area contributed by atoms with Crippen LogP contribution in [0.1, 0.15) is 0 Å². The summed E-state index contributed by atoms with van der Waals surface area (Å²) in [6, 6.07) is 67.8. The molecule has 0 unspecified atom stereocenters. The highest BCUT2D eigenvalue weighted by Gasteiger charge is 2.18. The van der Waals surface area contributed by atoms with Gasteiger partial charge in [0, 0.05) is 43.7 Å². The summed E-state index contributed by atoms with van der Waals surface area (Å²) in [6.07, 6.45) is 0. The summed E-state index contributed by atoms with van der Waals surface area (Å²) in [5.74, 6) is 0. The molecule has 0 aliphatic rings. The molecule has 0 aliphatic heterocycles. The van der Waals surface area contributed by atoms with E-state index in [1.54, 1.807) is 0 Å². The van der Waals surface area contributed by atoms with Crippen molar-refractivity contribution >= 4 is 59.9 Å². The number of aromatic nitrogens is 3. The number of rotatable bonds is 4. The molecule has 0 fully saturated rings. The van der Waals surface area contributed by atoms with Crippen molar-refractivity contribution in [1.29, 1.82) is 0 Å². The second-order valence-electron chi connectivity index (χ2n) is 13.6. The van der Waals surface area contributed by atoms with Gasteiger partial charge in [0.1, 0.15) is 0 Å². The van der Waals surface area contributed by atoms with Crippen molar-refractivity contribution < 1.29 is 0 Å². The molecule has 52 heavy (non-hydrogen) atoms. The van der Waals surface area contributed by atoms with Crippen LogP contribution in [0.5, 0.6) is 0 Å². The van der Waals surface area contributed by atoms with Crippen molar-refractivity contribution in [3.8, 4) is 39.3 Å². The SMILES string of the molecule is c1ccc(-c2cc(-c3ccccc3)nc(-c3cccc(-n4c5ccccc5c5cc6c7ccccc7c7cc8ccccc8n7c6cc54)c3)c2)cc1. The van der Waals surface area contributed by atoms with E-state index in [4.69, 9.17) is 4.98 Å². The number of nitrogens with zero attached hydrogens (tertiary/aromatic N) is 3. The van der Waals surface area contributed by atoms with E-state index >= 15 is 0 Å². The number of hydrogen-bond donors (Lipinski definition) is 0. The van der Waals surface area contributed by atoms with Crippen molar-refractivity contribution in [2.45, 2.75) is 0 Å². The van der Waals surface area contributed by atoms with Crippen molar-refractivity contribution in [1.82, 2.24) is 14.0 Å². The maximum absolute atomic E-state index is 5.26. The van der Waals surface area contributed by atoms with Crippen LogP contribution in [0.4, 0.5) is 0 Å². The second-order valence-corrected chi connectivity index (χ2v) is 13.6. The first-order chi connectivity index (χ1) is 25.8. The molecule has 0 spiro atoms. The van der Waals surface area contributed by atoms with E-state index in [1.165, 1.54) is 65.5 Å². The molecule has 7 aromatic carbocycles. The third-order valence-electron chi connectivity index (χ3n) is 10.6. The molecule has 0 radical (unpaired) electrons. The maximum Gasteiger partial charge on any atom is 0.0716 e. The van der Waals surface area contributed by atoms with E-state index in [0.29, 0.717) is 0 Å². The summed E-state index contributed by atoms with van der Waals surface area (Å²) < 4.78 is 4.88. The monoisotopic (exact) mass is 661 g/mol. The Kier molecular flexibility index (Phi) is 6.25. The topological polar surface area (TPSA) is 22.2 Å². The van der Waals surface area contributed by atoms with Crippen LogP contribution in [-0.2, 0) is 0 Å². The number of hydrogen-bond acceptors (Lipinski definition) is 1. The lowest BCUT2D eigenvalue weighted by Crippen LogP contribution is -1.97. The molecule has 242 valence electrons. The second kappa shape index (κ2) is 11.3. The molecule has 11 rings (SSSR count). The lowest BCUT2D eigenvalue weighted by Gasteiger charge is -2.14. The zero-order valence-corrected chi connectivity index (χ0v) is 28.2. The lowest BCUT2D eigenvalue weighted by molar-refractivity contribution is 1.18. The van der Waals surface area contributed by atoms with Crippen LogP contribution in [0.25, 0.3) is 99.2 Å². The fraction of sp³-hybridized carbons (Fsp3) is 0.